The number of hydrogen-bond acceptors (Lipinski definition) is 3. The summed E-state index contributed by atoms with van der Waals surface area (Å²) in [6.45, 7) is 1.39. The second-order valence-electron chi connectivity index (χ2n) is 4.85. The van der Waals surface area contributed by atoms with Crippen molar-refractivity contribution in [2.24, 2.45) is 0 Å². The van der Waals surface area contributed by atoms with E-state index in [1.54, 1.807) is 15.6 Å². The zero-order valence-electron chi connectivity index (χ0n) is 10.9. The smallest absolute Gasteiger partial charge is 0.231 e. The van der Waals surface area contributed by atoms with Crippen LogP contribution in [0.5, 0.6) is 0 Å². The average molecular weight is 291 g/mol. The van der Waals surface area contributed by atoms with Gasteiger partial charge in [0, 0.05) is 30.0 Å². The van der Waals surface area contributed by atoms with Gasteiger partial charge < -0.3 is 10.6 Å². The third-order valence-electron chi connectivity index (χ3n) is 3.41. The molecule has 5 nitrogen and oxygen atoms in total. The Morgan fingerprint density at radius 1 is 1.30 bits per heavy atom. The topological polar surface area (TPSA) is 64.2 Å². The summed E-state index contributed by atoms with van der Waals surface area (Å²) in [5.41, 5.74) is 7.54. The largest absolute Gasteiger partial charge is 0.382 e. The van der Waals surface area contributed by atoms with Crippen molar-refractivity contribution >= 4 is 29.0 Å². The number of hydrogen-bond donors (Lipinski definition) is 1. The molecule has 0 saturated heterocycles. The van der Waals surface area contributed by atoms with Crippen LogP contribution in [0.3, 0.4) is 0 Å². The van der Waals surface area contributed by atoms with E-state index in [1.165, 1.54) is 0 Å². The van der Waals surface area contributed by atoms with Crippen molar-refractivity contribution in [2.45, 2.75) is 19.4 Å². The highest BCUT2D eigenvalue weighted by molar-refractivity contribution is 6.31. The zero-order valence-corrected chi connectivity index (χ0v) is 11.7. The molecule has 20 heavy (non-hydrogen) atoms. The van der Waals surface area contributed by atoms with E-state index >= 15 is 0 Å². The van der Waals surface area contributed by atoms with Crippen molar-refractivity contribution in [3.8, 4) is 0 Å². The highest BCUT2D eigenvalue weighted by Crippen LogP contribution is 2.31. The van der Waals surface area contributed by atoms with E-state index in [4.69, 9.17) is 17.3 Å². The first kappa shape index (κ1) is 13.0. The lowest BCUT2D eigenvalue weighted by Gasteiger charge is -2.17. The first-order valence-electron chi connectivity index (χ1n) is 6.51. The number of aromatic nitrogens is 2. The summed E-state index contributed by atoms with van der Waals surface area (Å²) in [5, 5.41) is 4.78. The van der Waals surface area contributed by atoms with Crippen LogP contribution in [0.2, 0.25) is 5.02 Å². The van der Waals surface area contributed by atoms with E-state index in [-0.39, 0.29) is 5.91 Å². The minimum atomic E-state index is 0.127. The van der Waals surface area contributed by atoms with E-state index in [0.717, 1.165) is 24.2 Å². The molecule has 1 amide bonds. The monoisotopic (exact) mass is 290 g/mol. The van der Waals surface area contributed by atoms with Gasteiger partial charge in [0.1, 0.15) is 5.82 Å². The number of nitrogens with zero attached hydrogens (tertiary/aromatic N) is 3. The molecule has 1 aromatic carbocycles. The second kappa shape index (κ2) is 5.17. The fourth-order valence-electron chi connectivity index (χ4n) is 2.47. The van der Waals surface area contributed by atoms with Gasteiger partial charge in [0.25, 0.3) is 0 Å². The second-order valence-corrected chi connectivity index (χ2v) is 5.29. The van der Waals surface area contributed by atoms with E-state index in [1.807, 2.05) is 24.4 Å². The molecule has 0 spiro atoms. The van der Waals surface area contributed by atoms with Crippen molar-refractivity contribution in [3.63, 3.8) is 0 Å². The summed E-state index contributed by atoms with van der Waals surface area (Å²) in [7, 11) is 0. The van der Waals surface area contributed by atoms with Gasteiger partial charge in [-0.15, -0.1) is 0 Å². The standard InChI is InChI=1S/C14H15ClN4O/c15-11-3-2-10-8-14(20)19(12(10)9-11)6-1-5-18-7-4-13(16)17-18/h2-4,7,9H,1,5-6,8H2,(H2,16,17). The lowest BCUT2D eigenvalue weighted by atomic mass is 10.2. The van der Waals surface area contributed by atoms with Crippen molar-refractivity contribution in [1.29, 1.82) is 0 Å². The molecule has 0 bridgehead atoms. The Hall–Kier alpha value is -2.01. The normalized spacial score (nSPS) is 13.8. The van der Waals surface area contributed by atoms with Crippen LogP contribution < -0.4 is 10.6 Å². The average Bonchev–Trinajstić information content (AvgIpc) is 2.95. The number of nitrogens with two attached hydrogens (primary N) is 1. The number of carbonyl (C=O) groups is 1. The SMILES string of the molecule is Nc1ccn(CCCN2C(=O)Cc3ccc(Cl)cc32)n1. The summed E-state index contributed by atoms with van der Waals surface area (Å²) in [5.74, 6) is 0.640. The molecule has 1 aromatic heterocycles. The van der Waals surface area contributed by atoms with E-state index in [2.05, 4.69) is 5.10 Å². The Bertz CT molecular complexity index is 652. The van der Waals surface area contributed by atoms with Crippen LogP contribution in [0, 0.1) is 0 Å². The molecule has 0 atom stereocenters. The minimum Gasteiger partial charge on any atom is -0.382 e. The third kappa shape index (κ3) is 2.49. The molecule has 1 aliphatic rings. The predicted molar refractivity (Wildman–Crippen MR) is 78.8 cm³/mol. The number of carbonyl (C=O) groups excluding carboxylic acids is 1. The van der Waals surface area contributed by atoms with Crippen LogP contribution in [-0.4, -0.2) is 22.2 Å². The Labute approximate surface area is 121 Å². The molecule has 3 rings (SSSR count). The van der Waals surface area contributed by atoms with Crippen molar-refractivity contribution < 1.29 is 4.79 Å². The first-order chi connectivity index (χ1) is 9.63. The first-order valence-corrected chi connectivity index (χ1v) is 6.89. The van der Waals surface area contributed by atoms with Gasteiger partial charge in [-0.2, -0.15) is 5.10 Å². The summed E-state index contributed by atoms with van der Waals surface area (Å²) >= 11 is 6.00. The fourth-order valence-corrected chi connectivity index (χ4v) is 2.63. The van der Waals surface area contributed by atoms with Crippen molar-refractivity contribution in [1.82, 2.24) is 9.78 Å². The number of amides is 1. The molecule has 0 unspecified atom stereocenters. The molecule has 2 N–H and O–H groups in total. The van der Waals surface area contributed by atoms with Crippen LogP contribution in [0.4, 0.5) is 11.5 Å². The van der Waals surface area contributed by atoms with Gasteiger partial charge >= 0.3 is 0 Å². The number of anilines is 2. The Balaban J connectivity index is 1.66. The van der Waals surface area contributed by atoms with Gasteiger partial charge in [-0.3, -0.25) is 9.48 Å². The van der Waals surface area contributed by atoms with E-state index < -0.39 is 0 Å². The molecular formula is C14H15ClN4O. The minimum absolute atomic E-state index is 0.127. The predicted octanol–water partition coefficient (Wildman–Crippen LogP) is 2.10. The number of rotatable bonds is 4. The van der Waals surface area contributed by atoms with Crippen molar-refractivity contribution in [2.75, 3.05) is 17.2 Å². The van der Waals surface area contributed by atoms with Gasteiger partial charge in [0.2, 0.25) is 5.91 Å². The number of benzene rings is 1. The van der Waals surface area contributed by atoms with Gasteiger partial charge in [0.15, 0.2) is 0 Å². The summed E-state index contributed by atoms with van der Waals surface area (Å²) < 4.78 is 1.79. The maximum absolute atomic E-state index is 12.0. The summed E-state index contributed by atoms with van der Waals surface area (Å²) in [4.78, 5) is 13.8. The van der Waals surface area contributed by atoms with E-state index in [0.29, 0.717) is 23.8 Å². The molecule has 1 aliphatic heterocycles. The number of nitrogen functional groups attached to an aromatic ring is 1. The summed E-state index contributed by atoms with van der Waals surface area (Å²) in [6.07, 6.45) is 3.12. The summed E-state index contributed by atoms with van der Waals surface area (Å²) in [6, 6.07) is 7.36. The van der Waals surface area contributed by atoms with Gasteiger partial charge in [-0.25, -0.2) is 0 Å². The zero-order chi connectivity index (χ0) is 14.1. The molecular weight excluding hydrogens is 276 g/mol. The van der Waals surface area contributed by atoms with Crippen LogP contribution >= 0.6 is 11.6 Å². The number of halogens is 1. The van der Waals surface area contributed by atoms with Gasteiger partial charge in [-0.05, 0) is 30.2 Å². The lowest BCUT2D eigenvalue weighted by molar-refractivity contribution is -0.117. The Morgan fingerprint density at radius 2 is 2.15 bits per heavy atom. The number of fused-ring (bicyclic) bond motifs is 1. The lowest BCUT2D eigenvalue weighted by Crippen LogP contribution is -2.28. The third-order valence-corrected chi connectivity index (χ3v) is 3.65. The highest BCUT2D eigenvalue weighted by atomic mass is 35.5. The van der Waals surface area contributed by atoms with Crippen LogP contribution in [0.15, 0.2) is 30.5 Å². The van der Waals surface area contributed by atoms with Crippen molar-refractivity contribution in [3.05, 3.63) is 41.0 Å². The Kier molecular flexibility index (Phi) is 3.36. The maximum atomic E-state index is 12.0. The molecule has 0 fully saturated rings. The van der Waals surface area contributed by atoms with Crippen LogP contribution in [0.25, 0.3) is 0 Å². The highest BCUT2D eigenvalue weighted by Gasteiger charge is 2.26. The molecule has 0 radical (unpaired) electrons. The van der Waals surface area contributed by atoms with Crippen LogP contribution in [-0.2, 0) is 17.8 Å². The van der Waals surface area contributed by atoms with Gasteiger partial charge in [-0.1, -0.05) is 17.7 Å². The molecule has 2 heterocycles. The fraction of sp³-hybridized carbons (Fsp3) is 0.286. The molecule has 0 aliphatic carbocycles. The molecule has 0 saturated carbocycles. The quantitative estimate of drug-likeness (QED) is 0.938. The van der Waals surface area contributed by atoms with Crippen LogP contribution in [0.1, 0.15) is 12.0 Å². The Morgan fingerprint density at radius 3 is 2.90 bits per heavy atom. The maximum Gasteiger partial charge on any atom is 0.231 e. The van der Waals surface area contributed by atoms with Gasteiger partial charge in [0.05, 0.1) is 6.42 Å². The van der Waals surface area contributed by atoms with E-state index in [9.17, 15) is 4.79 Å². The molecule has 104 valence electrons. The molecule has 2 aromatic rings. The number of aryl methyl sites for hydroxylation is 1. The molecule has 6 heteroatoms.